The molecule has 2 aliphatic heterocycles. The minimum atomic E-state index is -1.79. The predicted octanol–water partition coefficient (Wildman–Crippen LogP) is 2.35. The topological polar surface area (TPSA) is 122 Å². The van der Waals surface area contributed by atoms with Crippen molar-refractivity contribution >= 4 is 46.9 Å². The number of esters is 1. The van der Waals surface area contributed by atoms with Crippen molar-refractivity contribution in [1.29, 1.82) is 0 Å². The number of methoxy groups -OCH3 is 1. The highest BCUT2D eigenvalue weighted by atomic mass is 32.2. The molecule has 4 atom stereocenters. The Balaban J connectivity index is 1.62. The summed E-state index contributed by atoms with van der Waals surface area (Å²) in [6, 6.07) is 7.49. The van der Waals surface area contributed by atoms with Gasteiger partial charge < -0.3 is 24.8 Å². The number of nitrogens with one attached hydrogen (secondary N) is 1. The number of amides is 2. The van der Waals surface area contributed by atoms with Crippen LogP contribution in [0.25, 0.3) is 0 Å². The molecule has 0 radical (unpaired) electrons. The molecule has 3 heterocycles. The Morgan fingerprint density at radius 2 is 1.91 bits per heavy atom. The molecule has 1 aromatic carbocycles. The molecule has 2 aromatic rings. The molecule has 1 aromatic heterocycles. The van der Waals surface area contributed by atoms with Gasteiger partial charge in [-0.2, -0.15) is 11.3 Å². The summed E-state index contributed by atoms with van der Waals surface area (Å²) in [5.41, 5.74) is -0.651. The average Bonchev–Trinajstić information content (AvgIpc) is 3.38. The number of hydrogen-bond donors (Lipinski definition) is 2. The first kappa shape index (κ1) is 24.2. The third-order valence-electron chi connectivity index (χ3n) is 6.05. The van der Waals surface area contributed by atoms with Gasteiger partial charge in [0.25, 0.3) is 11.6 Å². The van der Waals surface area contributed by atoms with Gasteiger partial charge in [-0.3, -0.25) is 14.4 Å². The molecular weight excluding hydrogens is 480 g/mol. The number of ether oxygens (including phenoxy) is 2. The molecule has 2 saturated heterocycles. The first-order chi connectivity index (χ1) is 16.0. The maximum Gasteiger partial charge on any atom is 0.328 e. The summed E-state index contributed by atoms with van der Waals surface area (Å²) < 4.78 is 10.2. The molecule has 2 amide bonds. The van der Waals surface area contributed by atoms with Crippen molar-refractivity contribution in [3.05, 3.63) is 52.2 Å². The molecule has 180 valence electrons. The second-order valence-electron chi connectivity index (χ2n) is 8.63. The highest BCUT2D eigenvalue weighted by Gasteiger charge is 2.73. The fraction of sp³-hybridized carbons (Fsp3) is 0.391. The van der Waals surface area contributed by atoms with Gasteiger partial charge in [0.1, 0.15) is 17.2 Å². The van der Waals surface area contributed by atoms with Crippen LogP contribution in [-0.2, 0) is 23.9 Å². The first-order valence-electron chi connectivity index (χ1n) is 10.4. The molecule has 0 bridgehead atoms. The number of nitrogens with zero attached hydrogens (tertiary/aromatic N) is 1. The number of β-lactam (4-membered cyclic amide) rings is 1. The molecule has 9 nitrogen and oxygen atoms in total. The number of carbonyl (C=O) groups excluding carboxylic acids is 3. The van der Waals surface area contributed by atoms with E-state index in [1.807, 2.05) is 0 Å². The summed E-state index contributed by atoms with van der Waals surface area (Å²) in [5, 5.41) is 14.9. The van der Waals surface area contributed by atoms with Crippen LogP contribution in [0, 0.1) is 6.92 Å². The van der Waals surface area contributed by atoms with Crippen molar-refractivity contribution in [2.75, 3.05) is 7.11 Å². The zero-order valence-corrected chi connectivity index (χ0v) is 20.6. The summed E-state index contributed by atoms with van der Waals surface area (Å²) in [4.78, 5) is 52.8. The lowest BCUT2D eigenvalue weighted by Crippen LogP contribution is -2.80. The minimum absolute atomic E-state index is 0.324. The molecule has 0 spiro atoms. The molecule has 0 saturated carbocycles. The van der Waals surface area contributed by atoms with E-state index in [-0.39, 0.29) is 0 Å². The number of hydrogen-bond acceptors (Lipinski definition) is 8. The summed E-state index contributed by atoms with van der Waals surface area (Å²) in [5.74, 6) is -4.41. The number of para-hydroxylation sites is 1. The van der Waals surface area contributed by atoms with Crippen LogP contribution in [-0.4, -0.2) is 62.8 Å². The van der Waals surface area contributed by atoms with Crippen LogP contribution >= 0.6 is 23.1 Å². The minimum Gasteiger partial charge on any atom is -0.480 e. The summed E-state index contributed by atoms with van der Waals surface area (Å²) in [6.07, 6.45) is 0. The lowest BCUT2D eigenvalue weighted by atomic mass is 9.92. The number of carboxylic acid groups (broad SMARTS) is 1. The van der Waals surface area contributed by atoms with Gasteiger partial charge in [-0.05, 0) is 54.8 Å². The summed E-state index contributed by atoms with van der Waals surface area (Å²) in [6.45, 7) is 5.22. The molecule has 2 aliphatic rings. The van der Waals surface area contributed by atoms with Crippen LogP contribution in [0.1, 0.15) is 30.9 Å². The number of fused-ring (bicyclic) bond motifs is 1. The Kier molecular flexibility index (Phi) is 6.21. The first-order valence-corrected chi connectivity index (χ1v) is 12.3. The van der Waals surface area contributed by atoms with E-state index in [2.05, 4.69) is 5.32 Å². The quantitative estimate of drug-likeness (QED) is 0.194. The van der Waals surface area contributed by atoms with E-state index in [0.717, 1.165) is 5.56 Å². The largest absolute Gasteiger partial charge is 0.480 e. The van der Waals surface area contributed by atoms with Crippen LogP contribution in [0.2, 0.25) is 0 Å². The second-order valence-corrected chi connectivity index (χ2v) is 11.1. The Morgan fingerprint density at radius 3 is 2.50 bits per heavy atom. The van der Waals surface area contributed by atoms with E-state index in [9.17, 15) is 24.3 Å². The second kappa shape index (κ2) is 8.71. The Bertz CT molecular complexity index is 1150. The van der Waals surface area contributed by atoms with Gasteiger partial charge in [0.05, 0.1) is 0 Å². The smallest absolute Gasteiger partial charge is 0.328 e. The number of thioether (sulfide) groups is 1. The average molecular weight is 505 g/mol. The number of benzene rings is 1. The highest BCUT2D eigenvalue weighted by Crippen LogP contribution is 2.55. The number of aliphatic carboxylic acids is 1. The summed E-state index contributed by atoms with van der Waals surface area (Å²) in [7, 11) is 1.27. The monoisotopic (exact) mass is 504 g/mol. The molecule has 2 N–H and O–H groups in total. The molecule has 0 aliphatic carbocycles. The van der Waals surface area contributed by atoms with Crippen LogP contribution < -0.4 is 10.1 Å². The number of rotatable bonds is 7. The Hall–Kier alpha value is -2.89. The SMILES string of the molecule is CO[C@@]1(NC(=O)C(C(=O)Oc2ccccc2C)c2ccsc2)C(=O)N2[C@@H](C(=O)O)C(C)(C)S[C@@H]21. The van der Waals surface area contributed by atoms with Crippen molar-refractivity contribution in [2.24, 2.45) is 0 Å². The maximum absolute atomic E-state index is 13.5. The van der Waals surface area contributed by atoms with E-state index in [0.29, 0.717) is 11.3 Å². The molecule has 1 unspecified atom stereocenters. The van der Waals surface area contributed by atoms with E-state index >= 15 is 0 Å². The molecular formula is C23H24N2O7S2. The Labute approximate surface area is 204 Å². The van der Waals surface area contributed by atoms with E-state index < -0.39 is 51.6 Å². The normalized spacial score (nSPS) is 25.8. The van der Waals surface area contributed by atoms with Gasteiger partial charge in [0, 0.05) is 11.9 Å². The number of carbonyl (C=O) groups is 4. The third-order valence-corrected chi connectivity index (χ3v) is 8.36. The van der Waals surface area contributed by atoms with Crippen LogP contribution in [0.4, 0.5) is 0 Å². The van der Waals surface area contributed by atoms with Crippen LogP contribution in [0.15, 0.2) is 41.1 Å². The number of thiophene rings is 1. The molecule has 11 heteroatoms. The van der Waals surface area contributed by atoms with Crippen molar-refractivity contribution in [3.8, 4) is 5.75 Å². The molecule has 2 fully saturated rings. The van der Waals surface area contributed by atoms with Gasteiger partial charge in [-0.1, -0.05) is 18.2 Å². The lowest BCUT2D eigenvalue weighted by Gasteiger charge is -2.51. The van der Waals surface area contributed by atoms with Gasteiger partial charge in [-0.25, -0.2) is 4.79 Å². The highest BCUT2D eigenvalue weighted by molar-refractivity contribution is 8.01. The van der Waals surface area contributed by atoms with Crippen molar-refractivity contribution in [1.82, 2.24) is 10.2 Å². The zero-order chi connectivity index (χ0) is 24.8. The van der Waals surface area contributed by atoms with Gasteiger partial charge in [-0.15, -0.1) is 11.8 Å². The van der Waals surface area contributed by atoms with E-state index in [1.165, 1.54) is 35.1 Å². The molecule has 34 heavy (non-hydrogen) atoms. The lowest BCUT2D eigenvalue weighted by molar-refractivity contribution is -0.201. The van der Waals surface area contributed by atoms with Crippen LogP contribution in [0.3, 0.4) is 0 Å². The van der Waals surface area contributed by atoms with Crippen LogP contribution in [0.5, 0.6) is 5.75 Å². The Morgan fingerprint density at radius 1 is 1.21 bits per heavy atom. The standard InChI is InChI=1S/C23H24N2O7S2/c1-12-7-5-6-8-14(12)32-19(29)15(13-9-10-33-11-13)17(26)24-23(31-4)20(30)25-16(18(27)28)22(2,3)34-21(23)25/h5-11,15-16,21H,1-4H3,(H,24,26)(H,27,28)/t15?,16-,21+,23-/m0/s1. The fourth-order valence-corrected chi connectivity index (χ4v) is 6.67. The number of aryl methyl sites for hydroxylation is 1. The molecule has 4 rings (SSSR count). The summed E-state index contributed by atoms with van der Waals surface area (Å²) >= 11 is 2.54. The maximum atomic E-state index is 13.5. The van der Waals surface area contributed by atoms with Gasteiger partial charge >= 0.3 is 11.9 Å². The zero-order valence-electron chi connectivity index (χ0n) is 18.9. The van der Waals surface area contributed by atoms with Crippen molar-refractivity contribution in [2.45, 2.75) is 48.6 Å². The number of carboxylic acids is 1. The van der Waals surface area contributed by atoms with Crippen molar-refractivity contribution < 1.29 is 33.8 Å². The third kappa shape index (κ3) is 3.77. The van der Waals surface area contributed by atoms with Crippen molar-refractivity contribution in [3.63, 3.8) is 0 Å². The van der Waals surface area contributed by atoms with Gasteiger partial charge in [0.15, 0.2) is 5.92 Å². The van der Waals surface area contributed by atoms with E-state index in [4.69, 9.17) is 9.47 Å². The predicted molar refractivity (Wildman–Crippen MR) is 125 cm³/mol. The van der Waals surface area contributed by atoms with E-state index in [1.54, 1.807) is 61.9 Å². The van der Waals surface area contributed by atoms with Gasteiger partial charge in [0.2, 0.25) is 5.91 Å². The fourth-order valence-electron chi connectivity index (χ4n) is 4.31.